The third-order valence-corrected chi connectivity index (χ3v) is 2.80. The molecular formula is C11H12F3NO. The van der Waals surface area contributed by atoms with Gasteiger partial charge in [-0.3, -0.25) is 0 Å². The van der Waals surface area contributed by atoms with Crippen molar-refractivity contribution in [2.24, 2.45) is 0 Å². The van der Waals surface area contributed by atoms with Gasteiger partial charge in [-0.15, -0.1) is 0 Å². The van der Waals surface area contributed by atoms with E-state index in [1.165, 1.54) is 12.1 Å². The Bertz CT molecular complexity index is 389. The lowest BCUT2D eigenvalue weighted by atomic mass is 9.94. The van der Waals surface area contributed by atoms with Gasteiger partial charge >= 0.3 is 6.18 Å². The van der Waals surface area contributed by atoms with Crippen molar-refractivity contribution in [2.45, 2.75) is 25.2 Å². The first-order valence-electron chi connectivity index (χ1n) is 5.04. The van der Waals surface area contributed by atoms with E-state index in [-0.39, 0.29) is 12.6 Å². The van der Waals surface area contributed by atoms with Gasteiger partial charge in [0.2, 0.25) is 0 Å². The Hall–Kier alpha value is -1.07. The fourth-order valence-corrected chi connectivity index (χ4v) is 1.89. The summed E-state index contributed by atoms with van der Waals surface area (Å²) in [5.41, 5.74) is 0.931. The third kappa shape index (κ3) is 2.20. The molecule has 2 N–H and O–H groups in total. The molecule has 0 aliphatic carbocycles. The Labute approximate surface area is 91.1 Å². The van der Waals surface area contributed by atoms with Crippen LogP contribution in [0.3, 0.4) is 0 Å². The highest BCUT2D eigenvalue weighted by atomic mass is 19.4. The summed E-state index contributed by atoms with van der Waals surface area (Å²) < 4.78 is 37.3. The first-order valence-corrected chi connectivity index (χ1v) is 5.04. The fourth-order valence-electron chi connectivity index (χ4n) is 1.89. The first-order chi connectivity index (χ1) is 7.50. The van der Waals surface area contributed by atoms with E-state index in [2.05, 4.69) is 5.32 Å². The van der Waals surface area contributed by atoms with Crippen LogP contribution in [0.25, 0.3) is 0 Å². The van der Waals surface area contributed by atoms with Crippen LogP contribution in [0.2, 0.25) is 0 Å². The fraction of sp³-hybridized carbons (Fsp3) is 0.455. The van der Waals surface area contributed by atoms with Gasteiger partial charge in [-0.05, 0) is 29.7 Å². The summed E-state index contributed by atoms with van der Waals surface area (Å²) in [6.45, 7) is 0.380. The van der Waals surface area contributed by atoms with Gasteiger partial charge in [0, 0.05) is 12.6 Å². The topological polar surface area (TPSA) is 32.3 Å². The summed E-state index contributed by atoms with van der Waals surface area (Å²) in [6, 6.07) is 3.72. The molecule has 88 valence electrons. The number of halogens is 3. The van der Waals surface area contributed by atoms with Crippen molar-refractivity contribution in [1.82, 2.24) is 5.32 Å². The largest absolute Gasteiger partial charge is 0.416 e. The van der Waals surface area contributed by atoms with Gasteiger partial charge in [0.15, 0.2) is 0 Å². The SMILES string of the molecule is OCC1Cc2ccc(C(F)(F)F)cc2CN1. The number of rotatable bonds is 1. The number of aliphatic hydroxyl groups excluding tert-OH is 1. The van der Waals surface area contributed by atoms with E-state index in [0.29, 0.717) is 18.5 Å². The zero-order valence-corrected chi connectivity index (χ0v) is 8.51. The number of hydrogen-bond donors (Lipinski definition) is 2. The molecule has 2 nitrogen and oxygen atoms in total. The van der Waals surface area contributed by atoms with Crippen LogP contribution in [-0.2, 0) is 19.1 Å². The molecule has 0 amide bonds. The van der Waals surface area contributed by atoms with Crippen molar-refractivity contribution in [3.63, 3.8) is 0 Å². The van der Waals surface area contributed by atoms with E-state index >= 15 is 0 Å². The maximum absolute atomic E-state index is 12.4. The van der Waals surface area contributed by atoms with Crippen molar-refractivity contribution in [1.29, 1.82) is 0 Å². The number of fused-ring (bicyclic) bond motifs is 1. The van der Waals surface area contributed by atoms with Crippen LogP contribution >= 0.6 is 0 Å². The van der Waals surface area contributed by atoms with Gasteiger partial charge in [-0.1, -0.05) is 6.07 Å². The molecule has 16 heavy (non-hydrogen) atoms. The molecular weight excluding hydrogens is 219 g/mol. The summed E-state index contributed by atoms with van der Waals surface area (Å²) in [7, 11) is 0. The predicted molar refractivity (Wildman–Crippen MR) is 52.9 cm³/mol. The van der Waals surface area contributed by atoms with Gasteiger partial charge in [-0.2, -0.15) is 13.2 Å². The second-order valence-corrected chi connectivity index (χ2v) is 3.95. The normalized spacial score (nSPS) is 20.6. The molecule has 1 atom stereocenters. The third-order valence-electron chi connectivity index (χ3n) is 2.80. The Kier molecular flexibility index (Phi) is 2.90. The smallest absolute Gasteiger partial charge is 0.395 e. The molecule has 2 rings (SSSR count). The van der Waals surface area contributed by atoms with Gasteiger partial charge in [0.25, 0.3) is 0 Å². The van der Waals surface area contributed by atoms with Gasteiger partial charge in [0.1, 0.15) is 0 Å². The molecule has 1 heterocycles. The van der Waals surface area contributed by atoms with Crippen LogP contribution in [0.15, 0.2) is 18.2 Å². The number of nitrogens with one attached hydrogen (secondary N) is 1. The molecule has 0 spiro atoms. The summed E-state index contributed by atoms with van der Waals surface area (Å²) in [5.74, 6) is 0. The molecule has 1 aliphatic heterocycles. The van der Waals surface area contributed by atoms with Crippen molar-refractivity contribution < 1.29 is 18.3 Å². The van der Waals surface area contributed by atoms with E-state index in [9.17, 15) is 13.2 Å². The summed E-state index contributed by atoms with van der Waals surface area (Å²) in [4.78, 5) is 0. The average Bonchev–Trinajstić information content (AvgIpc) is 2.26. The maximum atomic E-state index is 12.4. The van der Waals surface area contributed by atoms with E-state index in [1.807, 2.05) is 0 Å². The molecule has 0 radical (unpaired) electrons. The number of alkyl halides is 3. The van der Waals surface area contributed by atoms with E-state index in [4.69, 9.17) is 5.11 Å². The molecule has 0 saturated heterocycles. The lowest BCUT2D eigenvalue weighted by Crippen LogP contribution is -2.38. The van der Waals surface area contributed by atoms with E-state index in [1.54, 1.807) is 0 Å². The van der Waals surface area contributed by atoms with Crippen LogP contribution in [0.4, 0.5) is 13.2 Å². The molecule has 1 aliphatic rings. The van der Waals surface area contributed by atoms with Crippen molar-refractivity contribution >= 4 is 0 Å². The summed E-state index contributed by atoms with van der Waals surface area (Å²) in [6.07, 6.45) is -3.72. The van der Waals surface area contributed by atoms with Crippen LogP contribution in [0, 0.1) is 0 Å². The van der Waals surface area contributed by atoms with Crippen molar-refractivity contribution in [2.75, 3.05) is 6.61 Å². The number of hydrogen-bond acceptors (Lipinski definition) is 2. The van der Waals surface area contributed by atoms with E-state index < -0.39 is 11.7 Å². The van der Waals surface area contributed by atoms with Gasteiger partial charge in [0.05, 0.1) is 12.2 Å². The van der Waals surface area contributed by atoms with Gasteiger partial charge in [-0.25, -0.2) is 0 Å². The van der Waals surface area contributed by atoms with Crippen molar-refractivity contribution in [3.05, 3.63) is 34.9 Å². The highest BCUT2D eigenvalue weighted by molar-refractivity contribution is 5.35. The van der Waals surface area contributed by atoms with Crippen LogP contribution in [-0.4, -0.2) is 17.8 Å². The monoisotopic (exact) mass is 231 g/mol. The minimum absolute atomic E-state index is 0.000459. The molecule has 0 fully saturated rings. The molecule has 1 aromatic carbocycles. The average molecular weight is 231 g/mol. The van der Waals surface area contributed by atoms with Crippen molar-refractivity contribution in [3.8, 4) is 0 Å². The zero-order valence-electron chi connectivity index (χ0n) is 8.51. The van der Waals surface area contributed by atoms with Crippen LogP contribution < -0.4 is 5.32 Å². The number of benzene rings is 1. The zero-order chi connectivity index (χ0) is 11.8. The molecule has 0 bridgehead atoms. The molecule has 0 saturated carbocycles. The Morgan fingerprint density at radius 1 is 1.31 bits per heavy atom. The molecule has 0 aromatic heterocycles. The summed E-state index contributed by atoms with van der Waals surface area (Å²) >= 11 is 0. The Balaban J connectivity index is 2.28. The lowest BCUT2D eigenvalue weighted by molar-refractivity contribution is -0.137. The second-order valence-electron chi connectivity index (χ2n) is 3.95. The Morgan fingerprint density at radius 3 is 2.69 bits per heavy atom. The molecule has 5 heteroatoms. The highest BCUT2D eigenvalue weighted by Crippen LogP contribution is 2.31. The minimum atomic E-state index is -4.29. The molecule has 1 unspecified atom stereocenters. The summed E-state index contributed by atoms with van der Waals surface area (Å²) in [5, 5.41) is 11.9. The second kappa shape index (κ2) is 4.07. The lowest BCUT2D eigenvalue weighted by Gasteiger charge is -2.25. The van der Waals surface area contributed by atoms with Gasteiger partial charge < -0.3 is 10.4 Å². The number of aliphatic hydroxyl groups is 1. The Morgan fingerprint density at radius 2 is 2.06 bits per heavy atom. The minimum Gasteiger partial charge on any atom is -0.395 e. The standard InChI is InChI=1S/C11H12F3NO/c12-11(13,14)9-2-1-7-4-10(6-16)15-5-8(7)3-9/h1-3,10,15-16H,4-6H2. The molecule has 1 aromatic rings. The van der Waals surface area contributed by atoms with Crippen LogP contribution in [0.1, 0.15) is 16.7 Å². The predicted octanol–water partition coefficient (Wildman–Crippen LogP) is 1.71. The van der Waals surface area contributed by atoms with E-state index in [0.717, 1.165) is 11.6 Å². The maximum Gasteiger partial charge on any atom is 0.416 e. The van der Waals surface area contributed by atoms with Crippen LogP contribution in [0.5, 0.6) is 0 Å². The highest BCUT2D eigenvalue weighted by Gasteiger charge is 2.31. The first kappa shape index (κ1) is 11.4. The quantitative estimate of drug-likeness (QED) is 0.771.